The lowest BCUT2D eigenvalue weighted by atomic mass is 10.4. The largest absolute Gasteiger partial charge is 0.444 e. The van der Waals surface area contributed by atoms with Crippen LogP contribution in [0.3, 0.4) is 0 Å². The maximum Gasteiger partial charge on any atom is 0.314 e. The molecule has 0 aromatic carbocycles. The van der Waals surface area contributed by atoms with Gasteiger partial charge in [0.15, 0.2) is 0 Å². The van der Waals surface area contributed by atoms with Gasteiger partial charge >= 0.3 is 6.43 Å². The first kappa shape index (κ1) is 21.5. The number of nitrogens with zero attached hydrogens (tertiary/aromatic N) is 5. The van der Waals surface area contributed by atoms with Gasteiger partial charge in [0.2, 0.25) is 22.3 Å². The zero-order valence-electron chi connectivity index (χ0n) is 16.0. The summed E-state index contributed by atoms with van der Waals surface area (Å²) in [4.78, 5) is 8.45. The highest BCUT2D eigenvalue weighted by atomic mass is 32.2. The fraction of sp³-hybridized carbons (Fsp3) is 0.412. The summed E-state index contributed by atoms with van der Waals surface area (Å²) in [6.07, 6.45) is -0.731. The summed E-state index contributed by atoms with van der Waals surface area (Å²) >= 11 is 1.04. The van der Waals surface area contributed by atoms with Gasteiger partial charge in [-0.1, -0.05) is 0 Å². The van der Waals surface area contributed by atoms with Crippen LogP contribution in [0.4, 0.5) is 18.9 Å². The minimum atomic E-state index is -3.68. The van der Waals surface area contributed by atoms with E-state index >= 15 is 0 Å². The first-order valence-corrected chi connectivity index (χ1v) is 11.4. The molecule has 14 heteroatoms. The Morgan fingerprint density at radius 2 is 2.00 bits per heavy atom. The third-order valence-electron chi connectivity index (χ3n) is 4.22. The van der Waals surface area contributed by atoms with Crippen LogP contribution in [0.1, 0.15) is 37.1 Å². The smallest absolute Gasteiger partial charge is 0.314 e. The van der Waals surface area contributed by atoms with Gasteiger partial charge in [-0.2, -0.15) is 8.78 Å². The van der Waals surface area contributed by atoms with E-state index in [0.29, 0.717) is 22.7 Å². The van der Waals surface area contributed by atoms with E-state index in [0.717, 1.165) is 11.3 Å². The predicted molar refractivity (Wildman–Crippen MR) is 104 cm³/mol. The van der Waals surface area contributed by atoms with E-state index in [1.54, 1.807) is 0 Å². The highest BCUT2D eigenvalue weighted by molar-refractivity contribution is 7.93. The van der Waals surface area contributed by atoms with Crippen molar-refractivity contribution in [2.24, 2.45) is 0 Å². The van der Waals surface area contributed by atoms with E-state index in [-0.39, 0.29) is 24.0 Å². The monoisotopic (exact) mass is 475 g/mol. The second kappa shape index (κ2) is 8.42. The standard InChI is InChI=1S/C17H16F3N5O4S2/c1-9(18)28-13-5-2-10(6-21-13)25(31(26,27)11-3-4-11)8-14-22-7-12(30-14)16-23-24-17(29-16)15(19)20/h2,5-7,9,11,15H,3-4,8H2,1H3. The molecule has 31 heavy (non-hydrogen) atoms. The van der Waals surface area contributed by atoms with Crippen molar-refractivity contribution in [3.8, 4) is 16.6 Å². The summed E-state index contributed by atoms with van der Waals surface area (Å²) in [5.41, 5.74) is 0.264. The van der Waals surface area contributed by atoms with Gasteiger partial charge in [0.05, 0.1) is 29.9 Å². The van der Waals surface area contributed by atoms with Gasteiger partial charge in [-0.25, -0.2) is 22.8 Å². The van der Waals surface area contributed by atoms with Crippen molar-refractivity contribution >= 4 is 27.0 Å². The fourth-order valence-electron chi connectivity index (χ4n) is 2.66. The van der Waals surface area contributed by atoms with E-state index in [2.05, 4.69) is 20.2 Å². The van der Waals surface area contributed by atoms with Crippen LogP contribution in [0.2, 0.25) is 0 Å². The number of sulfonamides is 1. The van der Waals surface area contributed by atoms with Crippen LogP contribution in [-0.2, 0) is 16.6 Å². The van der Waals surface area contributed by atoms with Gasteiger partial charge < -0.3 is 9.15 Å². The molecule has 166 valence electrons. The van der Waals surface area contributed by atoms with Crippen LogP contribution in [0, 0.1) is 0 Å². The molecule has 0 bridgehead atoms. The Bertz CT molecular complexity index is 1150. The molecule has 1 saturated carbocycles. The average molecular weight is 475 g/mol. The number of hydrogen-bond acceptors (Lipinski definition) is 9. The molecule has 1 fully saturated rings. The molecule has 0 aliphatic heterocycles. The Hall–Kier alpha value is -2.74. The SMILES string of the molecule is CC(F)Oc1ccc(N(Cc2ncc(-c3nnc(C(F)F)o3)s2)S(=O)(=O)C2CC2)cn1. The third-order valence-corrected chi connectivity index (χ3v) is 7.45. The number of hydrogen-bond donors (Lipinski definition) is 0. The lowest BCUT2D eigenvalue weighted by Gasteiger charge is -2.23. The summed E-state index contributed by atoms with van der Waals surface area (Å²) < 4.78 is 75.2. The molecular formula is C17H16F3N5O4S2. The molecule has 9 nitrogen and oxygen atoms in total. The molecule has 0 radical (unpaired) electrons. The molecule has 0 spiro atoms. The third kappa shape index (κ3) is 4.79. The average Bonchev–Trinajstić information content (AvgIpc) is 3.28. The number of rotatable bonds is 9. The van der Waals surface area contributed by atoms with E-state index < -0.39 is 33.9 Å². The van der Waals surface area contributed by atoms with Gasteiger partial charge in [-0.15, -0.1) is 21.5 Å². The van der Waals surface area contributed by atoms with Gasteiger partial charge in [-0.3, -0.25) is 4.31 Å². The van der Waals surface area contributed by atoms with E-state index in [1.165, 1.54) is 35.8 Å². The van der Waals surface area contributed by atoms with Crippen LogP contribution >= 0.6 is 11.3 Å². The van der Waals surface area contributed by atoms with Crippen LogP contribution in [-0.4, -0.2) is 40.2 Å². The molecule has 3 aromatic rings. The molecule has 1 aliphatic rings. The normalized spacial score (nSPS) is 15.3. The Kier molecular flexibility index (Phi) is 5.83. The molecule has 3 heterocycles. The van der Waals surface area contributed by atoms with E-state index in [9.17, 15) is 21.6 Å². The van der Waals surface area contributed by atoms with Crippen LogP contribution in [0.25, 0.3) is 10.8 Å². The summed E-state index contributed by atoms with van der Waals surface area (Å²) in [6, 6.07) is 2.84. The quantitative estimate of drug-likeness (QED) is 0.460. The van der Waals surface area contributed by atoms with Crippen molar-refractivity contribution in [3.05, 3.63) is 35.4 Å². The van der Waals surface area contributed by atoms with Crippen LogP contribution in [0.5, 0.6) is 5.88 Å². The molecule has 1 aliphatic carbocycles. The topological polar surface area (TPSA) is 111 Å². The zero-order chi connectivity index (χ0) is 22.2. The molecule has 1 unspecified atom stereocenters. The minimum absolute atomic E-state index is 0.0188. The maximum absolute atomic E-state index is 13.0. The number of alkyl halides is 3. The minimum Gasteiger partial charge on any atom is -0.444 e. The number of anilines is 1. The van der Waals surface area contributed by atoms with Crippen molar-refractivity contribution in [3.63, 3.8) is 0 Å². The van der Waals surface area contributed by atoms with Crippen LogP contribution < -0.4 is 9.04 Å². The predicted octanol–water partition coefficient (Wildman–Crippen LogP) is 3.72. The van der Waals surface area contributed by atoms with E-state index in [1.807, 2.05) is 0 Å². The van der Waals surface area contributed by atoms with Crippen LogP contribution in [0.15, 0.2) is 28.9 Å². The van der Waals surface area contributed by atoms with Gasteiger partial charge in [0.1, 0.15) is 9.88 Å². The number of halogens is 3. The highest BCUT2D eigenvalue weighted by Gasteiger charge is 2.41. The lowest BCUT2D eigenvalue weighted by Crippen LogP contribution is -2.33. The van der Waals surface area contributed by atoms with Gasteiger partial charge in [0, 0.05) is 13.0 Å². The first-order chi connectivity index (χ1) is 14.7. The summed E-state index contributed by atoms with van der Waals surface area (Å²) in [5, 5.41) is 6.72. The Balaban J connectivity index is 1.59. The van der Waals surface area contributed by atoms with Crippen molar-refractivity contribution in [1.29, 1.82) is 0 Å². The molecular weight excluding hydrogens is 459 g/mol. The molecule has 4 rings (SSSR count). The molecule has 0 saturated heterocycles. The van der Waals surface area contributed by atoms with Gasteiger partial charge in [0.25, 0.3) is 11.8 Å². The summed E-state index contributed by atoms with van der Waals surface area (Å²) in [7, 11) is -3.68. The number of ether oxygens (including phenoxy) is 1. The van der Waals surface area contributed by atoms with Crippen molar-refractivity contribution < 1.29 is 30.7 Å². The second-order valence-corrected chi connectivity index (χ2v) is 9.88. The molecule has 0 N–H and O–H groups in total. The first-order valence-electron chi connectivity index (χ1n) is 9.09. The number of aromatic nitrogens is 4. The fourth-order valence-corrected chi connectivity index (χ4v) is 5.36. The molecule has 1 atom stereocenters. The molecule has 3 aromatic heterocycles. The Labute approximate surface area is 179 Å². The summed E-state index contributed by atoms with van der Waals surface area (Å²) in [5.74, 6) is -0.914. The van der Waals surface area contributed by atoms with E-state index in [4.69, 9.17) is 9.15 Å². The number of pyridine rings is 1. The maximum atomic E-state index is 13.0. The molecule has 0 amide bonds. The van der Waals surface area contributed by atoms with Crippen molar-refractivity contribution in [1.82, 2.24) is 20.2 Å². The highest BCUT2D eigenvalue weighted by Crippen LogP contribution is 2.36. The Morgan fingerprint density at radius 3 is 2.58 bits per heavy atom. The Morgan fingerprint density at radius 1 is 1.23 bits per heavy atom. The lowest BCUT2D eigenvalue weighted by molar-refractivity contribution is 0.0810. The zero-order valence-corrected chi connectivity index (χ0v) is 17.6. The second-order valence-electron chi connectivity index (χ2n) is 6.63. The van der Waals surface area contributed by atoms with Crippen molar-refractivity contribution in [2.45, 2.75) is 44.3 Å². The summed E-state index contributed by atoms with van der Waals surface area (Å²) in [6.45, 7) is 1.09. The number of thiazole rings is 1. The van der Waals surface area contributed by atoms with Gasteiger partial charge in [-0.05, 0) is 18.9 Å². The van der Waals surface area contributed by atoms with Crippen molar-refractivity contribution in [2.75, 3.05) is 4.31 Å².